The van der Waals surface area contributed by atoms with Crippen molar-refractivity contribution >= 4 is 17.5 Å². The van der Waals surface area contributed by atoms with Gasteiger partial charge in [0.1, 0.15) is 5.75 Å². The zero-order chi connectivity index (χ0) is 17.8. The number of carbonyl (C=O) groups is 2. The number of piperidine rings is 1. The molecule has 2 fully saturated rings. The Hall–Kier alpha value is -2.08. The van der Waals surface area contributed by atoms with E-state index in [0.717, 1.165) is 31.6 Å². The molecule has 1 N–H and O–H groups in total. The first kappa shape index (κ1) is 17.7. The number of ether oxygens (including phenoxy) is 1. The van der Waals surface area contributed by atoms with E-state index in [9.17, 15) is 9.59 Å². The number of nitrogens with one attached hydrogen (secondary N) is 1. The van der Waals surface area contributed by atoms with Crippen molar-refractivity contribution in [3.8, 4) is 5.75 Å². The second-order valence-corrected chi connectivity index (χ2v) is 6.69. The number of anilines is 1. The Morgan fingerprint density at radius 3 is 2.68 bits per heavy atom. The van der Waals surface area contributed by atoms with Gasteiger partial charge in [-0.05, 0) is 38.9 Å². The molecule has 2 aliphatic rings. The van der Waals surface area contributed by atoms with E-state index in [1.165, 1.54) is 0 Å². The lowest BCUT2D eigenvalue weighted by atomic mass is 10.0. The monoisotopic (exact) mass is 345 g/mol. The smallest absolute Gasteiger partial charge is 0.228 e. The Bertz CT molecular complexity index is 626. The Balaban J connectivity index is 1.67. The number of nitrogens with zero attached hydrogens (tertiary/aromatic N) is 2. The summed E-state index contributed by atoms with van der Waals surface area (Å²) in [5, 5.41) is 3.27. The summed E-state index contributed by atoms with van der Waals surface area (Å²) in [4.78, 5) is 29.0. The van der Waals surface area contributed by atoms with E-state index in [1.807, 2.05) is 43.1 Å². The van der Waals surface area contributed by atoms with Crippen LogP contribution in [-0.4, -0.2) is 56.0 Å². The molecular formula is C19H27N3O3. The molecule has 25 heavy (non-hydrogen) atoms. The number of para-hydroxylation sites is 2. The van der Waals surface area contributed by atoms with E-state index in [2.05, 4.69) is 5.32 Å². The zero-order valence-corrected chi connectivity index (χ0v) is 15.0. The maximum atomic E-state index is 12.8. The molecule has 6 nitrogen and oxygen atoms in total. The minimum Gasteiger partial charge on any atom is -0.492 e. The third-order valence-electron chi connectivity index (χ3n) is 5.15. The van der Waals surface area contributed by atoms with E-state index < -0.39 is 0 Å². The van der Waals surface area contributed by atoms with Crippen molar-refractivity contribution in [1.82, 2.24) is 10.2 Å². The molecule has 0 spiro atoms. The van der Waals surface area contributed by atoms with Crippen LogP contribution in [0.4, 0.5) is 5.69 Å². The summed E-state index contributed by atoms with van der Waals surface area (Å²) in [6.07, 6.45) is 2.23. The summed E-state index contributed by atoms with van der Waals surface area (Å²) in [5.74, 6) is 0.546. The van der Waals surface area contributed by atoms with E-state index in [0.29, 0.717) is 24.9 Å². The predicted octanol–water partition coefficient (Wildman–Crippen LogP) is 1.65. The molecule has 1 aromatic rings. The molecule has 0 saturated carbocycles. The molecule has 2 amide bonds. The molecule has 1 aromatic carbocycles. The first-order valence-corrected chi connectivity index (χ1v) is 9.12. The molecule has 1 atom stereocenters. The number of rotatable bonds is 5. The van der Waals surface area contributed by atoms with Gasteiger partial charge in [0.2, 0.25) is 11.8 Å². The zero-order valence-electron chi connectivity index (χ0n) is 15.0. The van der Waals surface area contributed by atoms with E-state index in [4.69, 9.17) is 4.74 Å². The summed E-state index contributed by atoms with van der Waals surface area (Å²) in [7, 11) is 1.96. The van der Waals surface area contributed by atoms with Crippen LogP contribution in [0.1, 0.15) is 26.2 Å². The number of hydrogen-bond donors (Lipinski definition) is 1. The summed E-state index contributed by atoms with van der Waals surface area (Å²) in [6, 6.07) is 8.02. The van der Waals surface area contributed by atoms with Crippen molar-refractivity contribution in [3.05, 3.63) is 24.3 Å². The van der Waals surface area contributed by atoms with Crippen LogP contribution >= 0.6 is 0 Å². The van der Waals surface area contributed by atoms with Crippen LogP contribution in [-0.2, 0) is 9.59 Å². The lowest BCUT2D eigenvalue weighted by molar-refractivity contribution is -0.136. The van der Waals surface area contributed by atoms with Gasteiger partial charge < -0.3 is 19.9 Å². The summed E-state index contributed by atoms with van der Waals surface area (Å²) in [6.45, 7) is 4.44. The highest BCUT2D eigenvalue weighted by Gasteiger charge is 2.38. The molecule has 6 heteroatoms. The largest absolute Gasteiger partial charge is 0.492 e. The lowest BCUT2D eigenvalue weighted by Gasteiger charge is -2.33. The number of hydrogen-bond acceptors (Lipinski definition) is 4. The predicted molar refractivity (Wildman–Crippen MR) is 96.7 cm³/mol. The minimum absolute atomic E-state index is 0.00406. The molecule has 0 aliphatic carbocycles. The van der Waals surface area contributed by atoms with Crippen LogP contribution < -0.4 is 15.0 Å². The third-order valence-corrected chi connectivity index (χ3v) is 5.15. The second kappa shape index (κ2) is 7.87. The molecule has 2 aliphatic heterocycles. The normalized spacial score (nSPS) is 21.7. The molecule has 1 unspecified atom stereocenters. The highest BCUT2D eigenvalue weighted by atomic mass is 16.5. The Labute approximate surface area is 149 Å². The van der Waals surface area contributed by atoms with Gasteiger partial charge in [-0.2, -0.15) is 0 Å². The molecular weight excluding hydrogens is 318 g/mol. The fraction of sp³-hybridized carbons (Fsp3) is 0.579. The number of carbonyl (C=O) groups excluding carboxylic acids is 2. The highest BCUT2D eigenvalue weighted by molar-refractivity contribution is 6.01. The van der Waals surface area contributed by atoms with Crippen molar-refractivity contribution in [1.29, 1.82) is 0 Å². The van der Waals surface area contributed by atoms with Crippen molar-refractivity contribution in [3.63, 3.8) is 0 Å². The average Bonchev–Trinajstić information content (AvgIpc) is 3.03. The number of likely N-dealkylation sites (tertiary alicyclic amines) is 1. The molecule has 2 heterocycles. The summed E-state index contributed by atoms with van der Waals surface area (Å²) >= 11 is 0. The molecule has 0 radical (unpaired) electrons. The fourth-order valence-electron chi connectivity index (χ4n) is 3.71. The van der Waals surface area contributed by atoms with Crippen LogP contribution in [0.2, 0.25) is 0 Å². The summed E-state index contributed by atoms with van der Waals surface area (Å²) in [5.41, 5.74) is 0.763. The Morgan fingerprint density at radius 1 is 1.28 bits per heavy atom. The Kier molecular flexibility index (Phi) is 5.58. The van der Waals surface area contributed by atoms with Crippen LogP contribution in [0.15, 0.2) is 24.3 Å². The van der Waals surface area contributed by atoms with Gasteiger partial charge in [0.15, 0.2) is 0 Å². The summed E-state index contributed by atoms with van der Waals surface area (Å²) < 4.78 is 5.64. The van der Waals surface area contributed by atoms with Crippen molar-refractivity contribution in [2.75, 3.05) is 38.2 Å². The maximum absolute atomic E-state index is 12.8. The van der Waals surface area contributed by atoms with Gasteiger partial charge in [-0.25, -0.2) is 0 Å². The standard InChI is InChI=1S/C19H27N3O3/c1-3-25-17-7-5-4-6-16(17)22-13-14(12-18(22)23)19(24)21-10-8-15(20-2)9-11-21/h4-7,14-15,20H,3,8-13H2,1-2H3. The molecule has 2 saturated heterocycles. The highest BCUT2D eigenvalue weighted by Crippen LogP contribution is 2.33. The van der Waals surface area contributed by atoms with Gasteiger partial charge in [0, 0.05) is 32.1 Å². The van der Waals surface area contributed by atoms with Crippen molar-refractivity contribution < 1.29 is 14.3 Å². The quantitative estimate of drug-likeness (QED) is 0.881. The number of amides is 2. The SMILES string of the molecule is CCOc1ccccc1N1CC(C(=O)N2CCC(NC)CC2)CC1=O. The van der Waals surface area contributed by atoms with E-state index in [1.54, 1.807) is 4.90 Å². The molecule has 0 aromatic heterocycles. The fourth-order valence-corrected chi connectivity index (χ4v) is 3.71. The molecule has 3 rings (SSSR count). The van der Waals surface area contributed by atoms with Crippen molar-refractivity contribution in [2.24, 2.45) is 5.92 Å². The van der Waals surface area contributed by atoms with Gasteiger partial charge in [-0.15, -0.1) is 0 Å². The average molecular weight is 345 g/mol. The number of benzene rings is 1. The van der Waals surface area contributed by atoms with Gasteiger partial charge >= 0.3 is 0 Å². The Morgan fingerprint density at radius 2 is 2.00 bits per heavy atom. The van der Waals surface area contributed by atoms with E-state index in [-0.39, 0.29) is 24.2 Å². The van der Waals surface area contributed by atoms with Crippen LogP contribution in [0.5, 0.6) is 5.75 Å². The van der Waals surface area contributed by atoms with Crippen LogP contribution in [0, 0.1) is 5.92 Å². The maximum Gasteiger partial charge on any atom is 0.228 e. The first-order chi connectivity index (χ1) is 12.1. The first-order valence-electron chi connectivity index (χ1n) is 9.12. The molecule has 0 bridgehead atoms. The van der Waals surface area contributed by atoms with Gasteiger partial charge in [0.25, 0.3) is 0 Å². The van der Waals surface area contributed by atoms with Crippen LogP contribution in [0.25, 0.3) is 0 Å². The molecule has 136 valence electrons. The van der Waals surface area contributed by atoms with Crippen molar-refractivity contribution in [2.45, 2.75) is 32.2 Å². The minimum atomic E-state index is -0.256. The van der Waals surface area contributed by atoms with Gasteiger partial charge in [-0.3, -0.25) is 9.59 Å². The second-order valence-electron chi connectivity index (χ2n) is 6.69. The van der Waals surface area contributed by atoms with Gasteiger partial charge in [0.05, 0.1) is 18.2 Å². The van der Waals surface area contributed by atoms with Crippen LogP contribution in [0.3, 0.4) is 0 Å². The van der Waals surface area contributed by atoms with E-state index >= 15 is 0 Å². The topological polar surface area (TPSA) is 61.9 Å². The lowest BCUT2D eigenvalue weighted by Crippen LogP contribution is -2.46. The third kappa shape index (κ3) is 3.79. The van der Waals surface area contributed by atoms with Gasteiger partial charge in [-0.1, -0.05) is 12.1 Å².